The van der Waals surface area contributed by atoms with Crippen LogP contribution in [0, 0.1) is 0 Å². The zero-order valence-electron chi connectivity index (χ0n) is 18.0. The number of nitrogens with zero attached hydrogens (tertiary/aromatic N) is 1. The van der Waals surface area contributed by atoms with Gasteiger partial charge in [0.15, 0.2) is 6.61 Å². The van der Waals surface area contributed by atoms with E-state index in [-0.39, 0.29) is 18.4 Å². The maximum Gasteiger partial charge on any atom is 0.271 e. The van der Waals surface area contributed by atoms with Gasteiger partial charge in [0.25, 0.3) is 11.8 Å². The third-order valence-corrected chi connectivity index (χ3v) is 5.02. The number of carbonyl (C=O) groups excluding carboxylic acids is 2. The summed E-state index contributed by atoms with van der Waals surface area (Å²) in [6.45, 7) is -0.158. The van der Waals surface area contributed by atoms with E-state index in [9.17, 15) is 9.59 Å². The van der Waals surface area contributed by atoms with Gasteiger partial charge in [-0.1, -0.05) is 6.07 Å². The second-order valence-electron chi connectivity index (χ2n) is 6.69. The highest BCUT2D eigenvalue weighted by atomic mass is 79.9. The molecule has 3 rings (SSSR count). The molecule has 33 heavy (non-hydrogen) atoms. The Morgan fingerprint density at radius 2 is 1.73 bits per heavy atom. The number of benzene rings is 3. The molecule has 170 valence electrons. The van der Waals surface area contributed by atoms with Crippen molar-refractivity contribution >= 4 is 39.6 Å². The van der Waals surface area contributed by atoms with Crippen LogP contribution in [0.3, 0.4) is 0 Å². The molecule has 0 spiro atoms. The quantitative estimate of drug-likeness (QED) is 0.330. The van der Waals surface area contributed by atoms with Gasteiger partial charge in [-0.05, 0) is 82.2 Å². The van der Waals surface area contributed by atoms with Crippen molar-refractivity contribution < 1.29 is 23.8 Å². The largest absolute Gasteiger partial charge is 0.497 e. The van der Waals surface area contributed by atoms with Crippen molar-refractivity contribution in [3.05, 3.63) is 82.3 Å². The highest BCUT2D eigenvalue weighted by Gasteiger charge is 2.08. The molecule has 8 nitrogen and oxygen atoms in total. The van der Waals surface area contributed by atoms with Gasteiger partial charge in [-0.25, -0.2) is 5.43 Å². The predicted octanol–water partition coefficient (Wildman–Crippen LogP) is 4.25. The Labute approximate surface area is 199 Å². The maximum absolute atomic E-state index is 12.2. The van der Waals surface area contributed by atoms with Crippen molar-refractivity contribution in [2.75, 3.05) is 26.1 Å². The van der Waals surface area contributed by atoms with Crippen LogP contribution in [0.5, 0.6) is 17.2 Å². The number of hydrazone groups is 1. The highest BCUT2D eigenvalue weighted by molar-refractivity contribution is 9.10. The van der Waals surface area contributed by atoms with Crippen LogP contribution in [0.1, 0.15) is 15.9 Å². The summed E-state index contributed by atoms with van der Waals surface area (Å²) in [5.41, 5.74) is 4.27. The molecule has 0 saturated carbocycles. The van der Waals surface area contributed by atoms with Gasteiger partial charge in [0.1, 0.15) is 17.2 Å². The monoisotopic (exact) mass is 511 g/mol. The third-order valence-electron chi connectivity index (χ3n) is 4.40. The Morgan fingerprint density at radius 3 is 2.42 bits per heavy atom. The van der Waals surface area contributed by atoms with Crippen molar-refractivity contribution in [1.29, 1.82) is 0 Å². The highest BCUT2D eigenvalue weighted by Crippen LogP contribution is 2.25. The van der Waals surface area contributed by atoms with E-state index in [1.54, 1.807) is 73.8 Å². The Kier molecular flexibility index (Phi) is 8.43. The Bertz CT molecular complexity index is 1150. The van der Waals surface area contributed by atoms with Crippen LogP contribution in [0.15, 0.2) is 76.3 Å². The SMILES string of the molecule is COc1ccc(NC(=O)COc2ccc(/C=N/NC(=O)c3cccc(OC)c3)cc2Br)cc1. The summed E-state index contributed by atoms with van der Waals surface area (Å²) in [4.78, 5) is 24.3. The molecule has 3 aromatic rings. The number of ether oxygens (including phenoxy) is 3. The van der Waals surface area contributed by atoms with Crippen LogP contribution in [0.25, 0.3) is 0 Å². The lowest BCUT2D eigenvalue weighted by atomic mass is 10.2. The van der Waals surface area contributed by atoms with Gasteiger partial charge in [-0.3, -0.25) is 9.59 Å². The molecular formula is C24H22BrN3O5. The summed E-state index contributed by atoms with van der Waals surface area (Å²) < 4.78 is 16.4. The normalized spacial score (nSPS) is 10.5. The lowest BCUT2D eigenvalue weighted by Gasteiger charge is -2.10. The Hall–Kier alpha value is -3.85. The zero-order valence-corrected chi connectivity index (χ0v) is 19.6. The Balaban J connectivity index is 1.51. The van der Waals surface area contributed by atoms with Crippen LogP contribution in [-0.4, -0.2) is 38.9 Å². The maximum atomic E-state index is 12.2. The summed E-state index contributed by atoms with van der Waals surface area (Å²) in [5, 5.41) is 6.73. The van der Waals surface area contributed by atoms with Crippen molar-refractivity contribution in [3.63, 3.8) is 0 Å². The van der Waals surface area contributed by atoms with Gasteiger partial charge < -0.3 is 19.5 Å². The van der Waals surface area contributed by atoms with E-state index in [1.165, 1.54) is 13.3 Å². The van der Waals surface area contributed by atoms with Crippen molar-refractivity contribution in [2.24, 2.45) is 5.10 Å². The topological polar surface area (TPSA) is 98.3 Å². The smallest absolute Gasteiger partial charge is 0.271 e. The molecule has 0 fully saturated rings. The van der Waals surface area contributed by atoms with E-state index >= 15 is 0 Å². The van der Waals surface area contributed by atoms with E-state index < -0.39 is 0 Å². The first-order chi connectivity index (χ1) is 16.0. The molecule has 0 aliphatic carbocycles. The van der Waals surface area contributed by atoms with E-state index in [4.69, 9.17) is 14.2 Å². The zero-order chi connectivity index (χ0) is 23.6. The summed E-state index contributed by atoms with van der Waals surface area (Å²) in [7, 11) is 3.11. The van der Waals surface area contributed by atoms with E-state index in [2.05, 4.69) is 31.8 Å². The van der Waals surface area contributed by atoms with E-state index in [0.717, 1.165) is 5.56 Å². The minimum atomic E-state index is -0.355. The summed E-state index contributed by atoms with van der Waals surface area (Å²) in [6.07, 6.45) is 1.50. The molecule has 0 saturated heterocycles. The number of methoxy groups -OCH3 is 2. The molecule has 2 N–H and O–H groups in total. The lowest BCUT2D eigenvalue weighted by molar-refractivity contribution is -0.118. The standard InChI is InChI=1S/C24H22BrN3O5/c1-31-19-9-7-18(8-10-19)27-23(29)15-33-22-11-6-16(12-21(22)25)14-26-28-24(30)17-4-3-5-20(13-17)32-2/h3-14H,15H2,1-2H3,(H,27,29)(H,28,30)/b26-14+. The second-order valence-corrected chi connectivity index (χ2v) is 7.54. The number of nitrogens with one attached hydrogen (secondary N) is 2. The van der Waals surface area contributed by atoms with E-state index in [0.29, 0.717) is 33.0 Å². The minimum Gasteiger partial charge on any atom is -0.497 e. The molecule has 3 aromatic carbocycles. The minimum absolute atomic E-state index is 0.158. The lowest BCUT2D eigenvalue weighted by Crippen LogP contribution is -2.20. The van der Waals surface area contributed by atoms with Crippen LogP contribution in [-0.2, 0) is 4.79 Å². The summed E-state index contributed by atoms with van der Waals surface area (Å²) in [6, 6.07) is 19.0. The van der Waals surface area contributed by atoms with Gasteiger partial charge in [0.2, 0.25) is 0 Å². The first kappa shape index (κ1) is 23.8. The molecule has 2 amide bonds. The first-order valence-electron chi connectivity index (χ1n) is 9.82. The number of halogens is 1. The van der Waals surface area contributed by atoms with Gasteiger partial charge in [0, 0.05) is 11.3 Å². The van der Waals surface area contributed by atoms with Crippen molar-refractivity contribution in [1.82, 2.24) is 5.43 Å². The average molecular weight is 512 g/mol. The third kappa shape index (κ3) is 7.08. The first-order valence-corrected chi connectivity index (χ1v) is 10.6. The van der Waals surface area contributed by atoms with Crippen LogP contribution < -0.4 is 25.0 Å². The van der Waals surface area contributed by atoms with Crippen molar-refractivity contribution in [3.8, 4) is 17.2 Å². The summed E-state index contributed by atoms with van der Waals surface area (Å²) >= 11 is 3.42. The fraction of sp³-hybridized carbons (Fsp3) is 0.125. The van der Waals surface area contributed by atoms with Gasteiger partial charge >= 0.3 is 0 Å². The molecule has 0 aromatic heterocycles. The van der Waals surface area contributed by atoms with Gasteiger partial charge in [-0.2, -0.15) is 5.10 Å². The number of rotatable bonds is 9. The van der Waals surface area contributed by atoms with Gasteiger partial charge in [-0.15, -0.1) is 0 Å². The number of hydrogen-bond donors (Lipinski definition) is 2. The molecular weight excluding hydrogens is 490 g/mol. The van der Waals surface area contributed by atoms with E-state index in [1.807, 2.05) is 0 Å². The number of carbonyl (C=O) groups is 2. The molecule has 0 aliphatic heterocycles. The molecule has 0 heterocycles. The fourth-order valence-electron chi connectivity index (χ4n) is 2.72. The van der Waals surface area contributed by atoms with Crippen molar-refractivity contribution in [2.45, 2.75) is 0 Å². The molecule has 0 bridgehead atoms. The second kappa shape index (κ2) is 11.7. The molecule has 0 atom stereocenters. The summed E-state index contributed by atoms with van der Waals surface area (Å²) in [5.74, 6) is 1.14. The number of amides is 2. The van der Waals surface area contributed by atoms with Crippen LogP contribution in [0.4, 0.5) is 5.69 Å². The van der Waals surface area contributed by atoms with Crippen LogP contribution >= 0.6 is 15.9 Å². The molecule has 0 radical (unpaired) electrons. The average Bonchev–Trinajstić information content (AvgIpc) is 2.84. The Morgan fingerprint density at radius 1 is 0.970 bits per heavy atom. The number of anilines is 1. The molecule has 0 unspecified atom stereocenters. The molecule has 9 heteroatoms. The predicted molar refractivity (Wildman–Crippen MR) is 129 cm³/mol. The molecule has 0 aliphatic rings. The number of hydrogen-bond acceptors (Lipinski definition) is 6. The van der Waals surface area contributed by atoms with Gasteiger partial charge in [0.05, 0.1) is 24.9 Å². The van der Waals surface area contributed by atoms with Crippen LogP contribution in [0.2, 0.25) is 0 Å². The fourth-order valence-corrected chi connectivity index (χ4v) is 3.23.